The number of nitro groups is 1. The number of non-ortho nitro benzene ring substituents is 1. The lowest BCUT2D eigenvalue weighted by atomic mass is 10.0. The maximum absolute atomic E-state index is 11.1. The van der Waals surface area contributed by atoms with Crippen LogP contribution in [0.1, 0.15) is 22.3 Å². The number of carbonyl (C=O) groups is 1. The van der Waals surface area contributed by atoms with Crippen LogP contribution in [0.5, 0.6) is 0 Å². The molecule has 7 nitrogen and oxygen atoms in total. The van der Waals surface area contributed by atoms with Crippen LogP contribution in [0.4, 0.5) is 5.69 Å². The van der Waals surface area contributed by atoms with Gasteiger partial charge in [-0.15, -0.1) is 0 Å². The van der Waals surface area contributed by atoms with Gasteiger partial charge in [0, 0.05) is 25.2 Å². The second-order valence-corrected chi connectivity index (χ2v) is 4.05. The molecule has 0 aliphatic heterocycles. The summed E-state index contributed by atoms with van der Waals surface area (Å²) in [7, 11) is 0. The van der Waals surface area contributed by atoms with Gasteiger partial charge in [-0.2, -0.15) is 0 Å². The predicted octanol–water partition coefficient (Wildman–Crippen LogP) is 0.774. The highest BCUT2D eigenvalue weighted by atomic mass is 16.6. The minimum Gasteiger partial charge on any atom is -0.478 e. The van der Waals surface area contributed by atoms with Crippen molar-refractivity contribution in [2.24, 2.45) is 5.73 Å². The fourth-order valence-electron chi connectivity index (χ4n) is 1.73. The molecule has 0 aliphatic rings. The number of carboxylic acid groups (broad SMARTS) is 1. The molecule has 1 rings (SSSR count). The summed E-state index contributed by atoms with van der Waals surface area (Å²) in [5.74, 6) is -1.14. The number of benzene rings is 1. The van der Waals surface area contributed by atoms with Crippen molar-refractivity contribution in [3.05, 3.63) is 39.4 Å². The number of aromatic carboxylic acids is 1. The molecule has 19 heavy (non-hydrogen) atoms. The molecular formula is C12H17N3O4. The minimum absolute atomic E-state index is 0.00646. The molecule has 0 radical (unpaired) electrons. The smallest absolute Gasteiger partial charge is 0.336 e. The fraction of sp³-hybridized carbons (Fsp3) is 0.417. The van der Waals surface area contributed by atoms with Crippen molar-refractivity contribution in [2.75, 3.05) is 19.6 Å². The Hall–Kier alpha value is -1.99. The van der Waals surface area contributed by atoms with E-state index in [4.69, 9.17) is 10.8 Å². The first-order valence-electron chi connectivity index (χ1n) is 5.97. The number of nitro benzene ring substituents is 1. The SMILES string of the molecule is NCCNCCCc1ccc([N+](=O)[O-])cc1C(=O)O. The van der Waals surface area contributed by atoms with Gasteiger partial charge in [0.15, 0.2) is 0 Å². The summed E-state index contributed by atoms with van der Waals surface area (Å²) in [5.41, 5.74) is 5.72. The molecule has 0 atom stereocenters. The summed E-state index contributed by atoms with van der Waals surface area (Å²) < 4.78 is 0. The Bertz CT molecular complexity index is 462. The van der Waals surface area contributed by atoms with Gasteiger partial charge in [-0.05, 0) is 24.9 Å². The van der Waals surface area contributed by atoms with Crippen molar-refractivity contribution in [1.82, 2.24) is 5.32 Å². The molecule has 0 unspecified atom stereocenters. The molecule has 0 bridgehead atoms. The van der Waals surface area contributed by atoms with E-state index < -0.39 is 10.9 Å². The third kappa shape index (κ3) is 4.65. The molecule has 0 saturated heterocycles. The van der Waals surface area contributed by atoms with E-state index >= 15 is 0 Å². The lowest BCUT2D eigenvalue weighted by Gasteiger charge is -2.06. The van der Waals surface area contributed by atoms with Crippen LogP contribution in [0.25, 0.3) is 0 Å². The lowest BCUT2D eigenvalue weighted by Crippen LogP contribution is -2.23. The molecule has 1 aromatic rings. The second kappa shape index (κ2) is 7.45. The van der Waals surface area contributed by atoms with Gasteiger partial charge >= 0.3 is 5.97 Å². The largest absolute Gasteiger partial charge is 0.478 e. The van der Waals surface area contributed by atoms with E-state index in [-0.39, 0.29) is 11.3 Å². The highest BCUT2D eigenvalue weighted by Gasteiger charge is 2.15. The summed E-state index contributed by atoms with van der Waals surface area (Å²) >= 11 is 0. The van der Waals surface area contributed by atoms with Crippen LogP contribution in [0.3, 0.4) is 0 Å². The Labute approximate surface area is 110 Å². The number of aryl methyl sites for hydroxylation is 1. The number of rotatable bonds is 8. The van der Waals surface area contributed by atoms with Crippen LogP contribution < -0.4 is 11.1 Å². The average Bonchev–Trinajstić information content (AvgIpc) is 2.38. The first kappa shape index (κ1) is 15.1. The summed E-state index contributed by atoms with van der Waals surface area (Å²) in [6.45, 7) is 2.00. The van der Waals surface area contributed by atoms with Gasteiger partial charge in [-0.1, -0.05) is 6.07 Å². The number of hydrogen-bond donors (Lipinski definition) is 3. The number of nitrogens with two attached hydrogens (primary N) is 1. The quantitative estimate of drug-likeness (QED) is 0.364. The van der Waals surface area contributed by atoms with E-state index in [9.17, 15) is 14.9 Å². The molecule has 0 fully saturated rings. The van der Waals surface area contributed by atoms with Gasteiger partial charge in [0.05, 0.1) is 10.5 Å². The Morgan fingerprint density at radius 2 is 2.16 bits per heavy atom. The first-order chi connectivity index (χ1) is 9.06. The van der Waals surface area contributed by atoms with Crippen molar-refractivity contribution in [2.45, 2.75) is 12.8 Å². The minimum atomic E-state index is -1.14. The Balaban J connectivity index is 2.71. The van der Waals surface area contributed by atoms with Crippen LogP contribution in [-0.4, -0.2) is 35.6 Å². The molecule has 0 saturated carbocycles. The van der Waals surface area contributed by atoms with Crippen LogP contribution >= 0.6 is 0 Å². The third-order valence-electron chi connectivity index (χ3n) is 2.66. The van der Waals surface area contributed by atoms with E-state index in [1.807, 2.05) is 0 Å². The second-order valence-electron chi connectivity index (χ2n) is 4.05. The summed E-state index contributed by atoms with van der Waals surface area (Å²) in [4.78, 5) is 21.1. The standard InChI is InChI=1S/C12H17N3O4/c13-5-7-14-6-1-2-9-3-4-10(15(18)19)8-11(9)12(16)17/h3-4,8,14H,1-2,5-7,13H2,(H,16,17). The summed E-state index contributed by atoms with van der Waals surface area (Å²) in [6.07, 6.45) is 1.30. The molecular weight excluding hydrogens is 250 g/mol. The monoisotopic (exact) mass is 267 g/mol. The zero-order valence-corrected chi connectivity index (χ0v) is 10.5. The molecule has 0 aliphatic carbocycles. The molecule has 1 aromatic carbocycles. The highest BCUT2D eigenvalue weighted by Crippen LogP contribution is 2.19. The molecule has 0 aromatic heterocycles. The summed E-state index contributed by atoms with van der Waals surface area (Å²) in [6, 6.07) is 3.94. The van der Waals surface area contributed by atoms with E-state index in [2.05, 4.69) is 5.32 Å². The zero-order chi connectivity index (χ0) is 14.3. The zero-order valence-electron chi connectivity index (χ0n) is 10.5. The maximum Gasteiger partial charge on any atom is 0.336 e. The van der Waals surface area contributed by atoms with Crippen LogP contribution in [-0.2, 0) is 6.42 Å². The van der Waals surface area contributed by atoms with Crippen molar-refractivity contribution in [3.63, 3.8) is 0 Å². The van der Waals surface area contributed by atoms with E-state index in [0.29, 0.717) is 25.1 Å². The topological polar surface area (TPSA) is 118 Å². The first-order valence-corrected chi connectivity index (χ1v) is 5.97. The molecule has 0 amide bonds. The highest BCUT2D eigenvalue weighted by molar-refractivity contribution is 5.90. The molecule has 7 heteroatoms. The van der Waals surface area contributed by atoms with Crippen LogP contribution in [0.2, 0.25) is 0 Å². The van der Waals surface area contributed by atoms with Crippen LogP contribution in [0, 0.1) is 10.1 Å². The van der Waals surface area contributed by atoms with Gasteiger partial charge in [0.25, 0.3) is 5.69 Å². The molecule has 104 valence electrons. The van der Waals surface area contributed by atoms with Gasteiger partial charge in [0.1, 0.15) is 0 Å². The van der Waals surface area contributed by atoms with Gasteiger partial charge in [0.2, 0.25) is 0 Å². The number of hydrogen-bond acceptors (Lipinski definition) is 5. The normalized spacial score (nSPS) is 10.4. The van der Waals surface area contributed by atoms with Crippen molar-refractivity contribution in [3.8, 4) is 0 Å². The Kier molecular flexibility index (Phi) is 5.91. The van der Waals surface area contributed by atoms with Crippen molar-refractivity contribution >= 4 is 11.7 Å². The Morgan fingerprint density at radius 3 is 2.74 bits per heavy atom. The maximum atomic E-state index is 11.1. The lowest BCUT2D eigenvalue weighted by molar-refractivity contribution is -0.384. The van der Waals surface area contributed by atoms with Gasteiger partial charge in [-0.3, -0.25) is 10.1 Å². The average molecular weight is 267 g/mol. The van der Waals surface area contributed by atoms with Crippen molar-refractivity contribution < 1.29 is 14.8 Å². The summed E-state index contributed by atoms with van der Waals surface area (Å²) in [5, 5.41) is 22.8. The molecule has 0 spiro atoms. The van der Waals surface area contributed by atoms with Crippen LogP contribution in [0.15, 0.2) is 18.2 Å². The molecule has 4 N–H and O–H groups in total. The predicted molar refractivity (Wildman–Crippen MR) is 70.3 cm³/mol. The number of nitrogens with one attached hydrogen (secondary N) is 1. The molecule has 0 heterocycles. The third-order valence-corrected chi connectivity index (χ3v) is 2.66. The van der Waals surface area contributed by atoms with Gasteiger partial charge in [-0.25, -0.2) is 4.79 Å². The van der Waals surface area contributed by atoms with Gasteiger partial charge < -0.3 is 16.2 Å². The van der Waals surface area contributed by atoms with E-state index in [1.54, 1.807) is 0 Å². The van der Waals surface area contributed by atoms with E-state index in [0.717, 1.165) is 19.0 Å². The number of nitrogens with zero attached hydrogens (tertiary/aromatic N) is 1. The number of carboxylic acids is 1. The van der Waals surface area contributed by atoms with Crippen molar-refractivity contribution in [1.29, 1.82) is 0 Å². The van der Waals surface area contributed by atoms with E-state index in [1.165, 1.54) is 12.1 Å². The Morgan fingerprint density at radius 1 is 1.42 bits per heavy atom. The fourth-order valence-corrected chi connectivity index (χ4v) is 1.73.